The summed E-state index contributed by atoms with van der Waals surface area (Å²) in [7, 11) is 5.97. The molecule has 0 aliphatic carbocycles. The third kappa shape index (κ3) is 4.18. The summed E-state index contributed by atoms with van der Waals surface area (Å²) in [6.45, 7) is 0.748. The first-order valence-electron chi connectivity index (χ1n) is 8.27. The summed E-state index contributed by atoms with van der Waals surface area (Å²) >= 11 is 5.79. The summed E-state index contributed by atoms with van der Waals surface area (Å²) in [5, 5.41) is -0.101. The fourth-order valence-corrected chi connectivity index (χ4v) is 2.84. The van der Waals surface area contributed by atoms with E-state index in [0.717, 1.165) is 29.7 Å². The molecule has 0 aliphatic rings. The van der Waals surface area contributed by atoms with Crippen molar-refractivity contribution in [1.82, 2.24) is 14.5 Å². The minimum atomic E-state index is -0.661. The van der Waals surface area contributed by atoms with Crippen molar-refractivity contribution in [3.05, 3.63) is 64.8 Å². The van der Waals surface area contributed by atoms with E-state index in [0.29, 0.717) is 12.0 Å². The molecule has 2 aromatic carbocycles. The van der Waals surface area contributed by atoms with Crippen LogP contribution < -0.4 is 4.74 Å². The number of hydrogen-bond acceptors (Lipinski definition) is 4. The van der Waals surface area contributed by atoms with Gasteiger partial charge in [-0.15, -0.1) is 0 Å². The fraction of sp³-hybridized carbons (Fsp3) is 0.200. The van der Waals surface area contributed by atoms with Crippen molar-refractivity contribution in [2.75, 3.05) is 14.1 Å². The average molecular weight is 388 g/mol. The molecule has 1 aromatic heterocycles. The third-order valence-corrected chi connectivity index (χ3v) is 4.39. The van der Waals surface area contributed by atoms with Crippen LogP contribution in [0, 0.1) is 5.82 Å². The number of aldehydes is 1. The summed E-state index contributed by atoms with van der Waals surface area (Å²) in [6.07, 6.45) is 2.37. The van der Waals surface area contributed by atoms with E-state index in [1.165, 1.54) is 6.07 Å². The Bertz CT molecular complexity index is 968. The van der Waals surface area contributed by atoms with Crippen LogP contribution in [0.5, 0.6) is 11.5 Å². The van der Waals surface area contributed by atoms with E-state index < -0.39 is 5.82 Å². The van der Waals surface area contributed by atoms with Gasteiger partial charge in [0.1, 0.15) is 23.1 Å². The highest BCUT2D eigenvalue weighted by molar-refractivity contribution is 6.31. The Hall–Kier alpha value is -2.70. The van der Waals surface area contributed by atoms with Gasteiger partial charge in [-0.1, -0.05) is 11.6 Å². The summed E-state index contributed by atoms with van der Waals surface area (Å²) in [4.78, 5) is 17.7. The van der Waals surface area contributed by atoms with E-state index >= 15 is 0 Å². The lowest BCUT2D eigenvalue weighted by Crippen LogP contribution is -2.14. The Morgan fingerprint density at radius 1 is 1.26 bits per heavy atom. The van der Waals surface area contributed by atoms with Crippen LogP contribution in [0.4, 0.5) is 4.39 Å². The van der Waals surface area contributed by atoms with Gasteiger partial charge >= 0.3 is 0 Å². The Kier molecular flexibility index (Phi) is 5.58. The molecule has 0 amide bonds. The lowest BCUT2D eigenvalue weighted by Gasteiger charge is -2.12. The summed E-state index contributed by atoms with van der Waals surface area (Å²) in [5.41, 5.74) is 2.06. The lowest BCUT2D eigenvalue weighted by molar-refractivity contribution is 0.112. The topological polar surface area (TPSA) is 47.4 Å². The molecule has 0 fully saturated rings. The zero-order chi connectivity index (χ0) is 19.6. The molecule has 0 saturated heterocycles. The smallest absolute Gasteiger partial charge is 0.153 e. The Labute approximate surface area is 162 Å². The quantitative estimate of drug-likeness (QED) is 0.582. The Morgan fingerprint density at radius 3 is 2.59 bits per heavy atom. The third-order valence-electron chi connectivity index (χ3n) is 4.10. The van der Waals surface area contributed by atoms with E-state index in [-0.39, 0.29) is 16.3 Å². The number of nitrogens with zero attached hydrogens (tertiary/aromatic N) is 3. The normalized spacial score (nSPS) is 11.0. The van der Waals surface area contributed by atoms with Crippen LogP contribution in [0.1, 0.15) is 16.2 Å². The van der Waals surface area contributed by atoms with Gasteiger partial charge in [-0.2, -0.15) is 0 Å². The Balaban J connectivity index is 1.84. The van der Waals surface area contributed by atoms with E-state index in [4.69, 9.17) is 16.3 Å². The number of hydrogen-bond donors (Lipinski definition) is 0. The van der Waals surface area contributed by atoms with E-state index in [2.05, 4.69) is 9.88 Å². The number of imidazole rings is 1. The first-order chi connectivity index (χ1) is 12.9. The van der Waals surface area contributed by atoms with Crippen LogP contribution in [0.15, 0.2) is 42.6 Å². The highest BCUT2D eigenvalue weighted by Gasteiger charge is 2.12. The molecular weight excluding hydrogens is 369 g/mol. The first kappa shape index (κ1) is 19.1. The summed E-state index contributed by atoms with van der Waals surface area (Å²) in [6, 6.07) is 9.71. The van der Waals surface area contributed by atoms with E-state index in [1.54, 1.807) is 12.1 Å². The van der Waals surface area contributed by atoms with Gasteiger partial charge in [0.05, 0.1) is 29.0 Å². The second-order valence-electron chi connectivity index (χ2n) is 6.40. The lowest BCUT2D eigenvalue weighted by atomic mass is 10.1. The minimum Gasteiger partial charge on any atom is -0.457 e. The van der Waals surface area contributed by atoms with Gasteiger partial charge in [-0.3, -0.25) is 4.79 Å². The summed E-state index contributed by atoms with van der Waals surface area (Å²) < 4.78 is 21.2. The highest BCUT2D eigenvalue weighted by Crippen LogP contribution is 2.31. The number of rotatable bonds is 6. The largest absolute Gasteiger partial charge is 0.457 e. The van der Waals surface area contributed by atoms with E-state index in [9.17, 15) is 9.18 Å². The maximum absolute atomic E-state index is 13.5. The molecule has 140 valence electrons. The molecule has 5 nitrogen and oxygen atoms in total. The molecule has 0 N–H and O–H groups in total. The number of carbonyl (C=O) groups excluding carboxylic acids is 1. The Morgan fingerprint density at radius 2 is 1.96 bits per heavy atom. The number of halogens is 2. The van der Waals surface area contributed by atoms with Crippen LogP contribution in [0.3, 0.4) is 0 Å². The highest BCUT2D eigenvalue weighted by atomic mass is 35.5. The van der Waals surface area contributed by atoms with Gasteiger partial charge < -0.3 is 14.2 Å². The van der Waals surface area contributed by atoms with Gasteiger partial charge in [0, 0.05) is 18.7 Å². The maximum Gasteiger partial charge on any atom is 0.153 e. The predicted octanol–water partition coefficient (Wildman–Crippen LogP) is 4.55. The van der Waals surface area contributed by atoms with Crippen molar-refractivity contribution in [1.29, 1.82) is 0 Å². The van der Waals surface area contributed by atoms with Crippen LogP contribution in [0.25, 0.3) is 11.3 Å². The molecule has 1 heterocycles. The molecule has 0 radical (unpaired) electrons. The van der Waals surface area contributed by atoms with Gasteiger partial charge in [-0.25, -0.2) is 9.37 Å². The monoisotopic (exact) mass is 387 g/mol. The maximum atomic E-state index is 13.5. The van der Waals surface area contributed by atoms with Crippen molar-refractivity contribution in [3.63, 3.8) is 0 Å². The molecule has 0 saturated carbocycles. The fourth-order valence-electron chi connectivity index (χ4n) is 2.69. The standard InChI is InChI=1S/C20H19ClFN3O2/c1-24(2)11-20-23-10-18(25(20)3)13-4-6-15(7-5-13)27-19-9-16(21)17(22)8-14(19)12-26/h4-10,12H,11H2,1-3H3. The number of ether oxygens (including phenoxy) is 1. The molecule has 3 aromatic rings. The van der Waals surface area contributed by atoms with Gasteiger partial charge in [-0.05, 0) is 44.4 Å². The van der Waals surface area contributed by atoms with Crippen molar-refractivity contribution in [2.45, 2.75) is 6.54 Å². The molecule has 0 aliphatic heterocycles. The number of aromatic nitrogens is 2. The van der Waals surface area contributed by atoms with Crippen molar-refractivity contribution >= 4 is 17.9 Å². The van der Waals surface area contributed by atoms with Crippen molar-refractivity contribution < 1.29 is 13.9 Å². The van der Waals surface area contributed by atoms with Crippen LogP contribution in [0.2, 0.25) is 5.02 Å². The number of carbonyl (C=O) groups is 1. The molecule has 0 unspecified atom stereocenters. The summed E-state index contributed by atoms with van der Waals surface area (Å²) in [5.74, 6) is 1.02. The molecule has 0 spiro atoms. The van der Waals surface area contributed by atoms with Gasteiger partial charge in [0.2, 0.25) is 0 Å². The zero-order valence-corrected chi connectivity index (χ0v) is 16.0. The minimum absolute atomic E-state index is 0.0981. The molecular formula is C20H19ClFN3O2. The molecule has 0 atom stereocenters. The average Bonchev–Trinajstić information content (AvgIpc) is 2.98. The zero-order valence-electron chi connectivity index (χ0n) is 15.2. The molecule has 0 bridgehead atoms. The van der Waals surface area contributed by atoms with Gasteiger partial charge in [0.25, 0.3) is 0 Å². The van der Waals surface area contributed by atoms with Crippen LogP contribution >= 0.6 is 11.6 Å². The second kappa shape index (κ2) is 7.90. The van der Waals surface area contributed by atoms with E-state index in [1.807, 2.05) is 44.0 Å². The first-order valence-corrected chi connectivity index (χ1v) is 8.64. The second-order valence-corrected chi connectivity index (χ2v) is 6.81. The van der Waals surface area contributed by atoms with Crippen LogP contribution in [-0.4, -0.2) is 34.8 Å². The molecule has 7 heteroatoms. The van der Waals surface area contributed by atoms with Gasteiger partial charge in [0.15, 0.2) is 6.29 Å². The molecule has 27 heavy (non-hydrogen) atoms. The predicted molar refractivity (Wildman–Crippen MR) is 103 cm³/mol. The van der Waals surface area contributed by atoms with Crippen molar-refractivity contribution in [3.8, 4) is 22.8 Å². The molecule has 3 rings (SSSR count). The van der Waals surface area contributed by atoms with Crippen molar-refractivity contribution in [2.24, 2.45) is 7.05 Å². The van der Waals surface area contributed by atoms with Crippen LogP contribution in [-0.2, 0) is 13.6 Å². The number of benzene rings is 2. The SMILES string of the molecule is CN(C)Cc1ncc(-c2ccc(Oc3cc(Cl)c(F)cc3C=O)cc2)n1C.